The van der Waals surface area contributed by atoms with Crippen molar-refractivity contribution in [3.05, 3.63) is 88.4 Å². The molecule has 1 atom stereocenters. The summed E-state index contributed by atoms with van der Waals surface area (Å²) in [6, 6.07) is 15.5. The zero-order chi connectivity index (χ0) is 22.1. The molecule has 31 heavy (non-hydrogen) atoms. The van der Waals surface area contributed by atoms with E-state index in [1.54, 1.807) is 6.20 Å². The summed E-state index contributed by atoms with van der Waals surface area (Å²) in [5.74, 6) is 0.462. The van der Waals surface area contributed by atoms with Crippen LogP contribution >= 0.6 is 23.2 Å². The average Bonchev–Trinajstić information content (AvgIpc) is 3.50. The van der Waals surface area contributed by atoms with Crippen LogP contribution in [0.1, 0.15) is 30.4 Å². The van der Waals surface area contributed by atoms with Gasteiger partial charge in [0.25, 0.3) is 0 Å². The Bertz CT molecular complexity index is 872. The summed E-state index contributed by atoms with van der Waals surface area (Å²) >= 11 is 12.4. The van der Waals surface area contributed by atoms with E-state index in [1.165, 1.54) is 0 Å². The molecule has 2 heterocycles. The van der Waals surface area contributed by atoms with E-state index in [0.717, 1.165) is 47.4 Å². The maximum absolute atomic E-state index is 6.20. The number of hydrogen-bond acceptors (Lipinski definition) is 3. The highest BCUT2D eigenvalue weighted by Crippen LogP contribution is 2.35. The Balaban J connectivity index is 0.000000179. The fourth-order valence-corrected chi connectivity index (χ4v) is 4.19. The Morgan fingerprint density at radius 1 is 1.03 bits per heavy atom. The molecule has 1 saturated heterocycles. The summed E-state index contributed by atoms with van der Waals surface area (Å²) in [7, 11) is 5.86. The number of halogens is 2. The standard InChI is InChI=1S/C14H11BCl2.C10H16N2O2/c15-9-12(10-5-1-3-7-13(10)16)11-6-2-4-8-14(11)17;1-2-9(10-13-5-6-14-10)7-12-4-3-11-8-12/h1-8,12H,9H2;3-4,8-10H,2,5-7H2,1H3. The highest BCUT2D eigenvalue weighted by atomic mass is 35.5. The van der Waals surface area contributed by atoms with E-state index in [4.69, 9.17) is 40.5 Å². The van der Waals surface area contributed by atoms with E-state index in [0.29, 0.717) is 12.2 Å². The summed E-state index contributed by atoms with van der Waals surface area (Å²) in [6.07, 6.45) is 7.11. The number of ether oxygens (including phenoxy) is 2. The lowest BCUT2D eigenvalue weighted by atomic mass is 9.81. The third-order valence-electron chi connectivity index (χ3n) is 5.36. The van der Waals surface area contributed by atoms with Crippen LogP contribution in [0.4, 0.5) is 0 Å². The predicted molar refractivity (Wildman–Crippen MR) is 127 cm³/mol. The zero-order valence-corrected chi connectivity index (χ0v) is 19.2. The number of imidazole rings is 1. The second kappa shape index (κ2) is 12.3. The summed E-state index contributed by atoms with van der Waals surface area (Å²) in [5, 5.41) is 1.45. The van der Waals surface area contributed by atoms with E-state index in [1.807, 2.05) is 61.1 Å². The van der Waals surface area contributed by atoms with Crippen molar-refractivity contribution >= 4 is 31.0 Å². The molecule has 1 unspecified atom stereocenters. The molecule has 7 heteroatoms. The molecule has 0 aliphatic carbocycles. The van der Waals surface area contributed by atoms with Gasteiger partial charge in [-0.2, -0.15) is 0 Å². The molecule has 1 aromatic heterocycles. The Hall–Kier alpha value is -1.79. The highest BCUT2D eigenvalue weighted by Gasteiger charge is 2.25. The lowest BCUT2D eigenvalue weighted by Gasteiger charge is -2.20. The van der Waals surface area contributed by atoms with Crippen LogP contribution in [0.3, 0.4) is 0 Å². The minimum absolute atomic E-state index is 0.0256. The van der Waals surface area contributed by atoms with Crippen molar-refractivity contribution in [2.24, 2.45) is 5.92 Å². The van der Waals surface area contributed by atoms with Gasteiger partial charge in [0.15, 0.2) is 6.29 Å². The van der Waals surface area contributed by atoms with Crippen LogP contribution in [0.15, 0.2) is 67.3 Å². The van der Waals surface area contributed by atoms with Crippen LogP contribution in [-0.4, -0.2) is 36.9 Å². The SMILES string of the molecule is CCC(Cn1ccnc1)C1OCCO1.[B]CC(c1ccccc1Cl)c1ccccc1Cl. The average molecular weight is 457 g/mol. The fraction of sp³-hybridized carbons (Fsp3) is 0.375. The van der Waals surface area contributed by atoms with E-state index in [2.05, 4.69) is 16.5 Å². The molecule has 0 bridgehead atoms. The fourth-order valence-electron chi connectivity index (χ4n) is 3.66. The van der Waals surface area contributed by atoms with Crippen LogP contribution < -0.4 is 0 Å². The van der Waals surface area contributed by atoms with Gasteiger partial charge >= 0.3 is 0 Å². The quantitative estimate of drug-likeness (QED) is 0.409. The lowest BCUT2D eigenvalue weighted by molar-refractivity contribution is -0.0884. The predicted octanol–water partition coefficient (Wildman–Crippen LogP) is 5.99. The van der Waals surface area contributed by atoms with E-state index < -0.39 is 0 Å². The van der Waals surface area contributed by atoms with Gasteiger partial charge in [0.2, 0.25) is 0 Å². The maximum atomic E-state index is 6.20. The molecule has 1 aliphatic rings. The third-order valence-corrected chi connectivity index (χ3v) is 6.05. The highest BCUT2D eigenvalue weighted by molar-refractivity contribution is 6.32. The van der Waals surface area contributed by atoms with Crippen molar-refractivity contribution in [2.45, 2.75) is 38.4 Å². The van der Waals surface area contributed by atoms with Crippen LogP contribution in [0, 0.1) is 5.92 Å². The molecule has 162 valence electrons. The van der Waals surface area contributed by atoms with Gasteiger partial charge in [-0.25, -0.2) is 4.98 Å². The molecule has 0 saturated carbocycles. The van der Waals surface area contributed by atoms with Crippen molar-refractivity contribution in [1.82, 2.24) is 9.55 Å². The van der Waals surface area contributed by atoms with Gasteiger partial charge in [-0.1, -0.05) is 72.8 Å². The third kappa shape index (κ3) is 6.60. The number of rotatable bonds is 7. The molecule has 2 radical (unpaired) electrons. The minimum Gasteiger partial charge on any atom is -0.350 e. The Morgan fingerprint density at radius 3 is 2.06 bits per heavy atom. The lowest BCUT2D eigenvalue weighted by Crippen LogP contribution is -2.25. The second-order valence-corrected chi connectivity index (χ2v) is 8.18. The van der Waals surface area contributed by atoms with Crippen molar-refractivity contribution in [2.75, 3.05) is 13.2 Å². The molecule has 2 aromatic carbocycles. The smallest absolute Gasteiger partial charge is 0.162 e. The number of hydrogen-bond donors (Lipinski definition) is 0. The Labute approximate surface area is 195 Å². The molecule has 0 spiro atoms. The largest absolute Gasteiger partial charge is 0.350 e. The maximum Gasteiger partial charge on any atom is 0.162 e. The summed E-state index contributed by atoms with van der Waals surface area (Å²) in [6.45, 7) is 4.53. The number of aromatic nitrogens is 2. The van der Waals surface area contributed by atoms with Gasteiger partial charge in [0.1, 0.15) is 0 Å². The van der Waals surface area contributed by atoms with E-state index >= 15 is 0 Å². The van der Waals surface area contributed by atoms with Crippen LogP contribution in [-0.2, 0) is 16.0 Å². The molecule has 1 aliphatic heterocycles. The first-order valence-electron chi connectivity index (χ1n) is 10.5. The van der Waals surface area contributed by atoms with Gasteiger partial charge in [-0.15, -0.1) is 0 Å². The van der Waals surface area contributed by atoms with Crippen LogP contribution in [0.5, 0.6) is 0 Å². The molecule has 1 fully saturated rings. The van der Waals surface area contributed by atoms with Crippen molar-refractivity contribution < 1.29 is 9.47 Å². The van der Waals surface area contributed by atoms with Crippen LogP contribution in [0.25, 0.3) is 0 Å². The second-order valence-electron chi connectivity index (χ2n) is 7.37. The molecular weight excluding hydrogens is 430 g/mol. The summed E-state index contributed by atoms with van der Waals surface area (Å²) < 4.78 is 13.1. The van der Waals surface area contributed by atoms with Gasteiger partial charge in [-0.3, -0.25) is 0 Å². The van der Waals surface area contributed by atoms with Crippen molar-refractivity contribution in [3.8, 4) is 0 Å². The molecule has 0 N–H and O–H groups in total. The van der Waals surface area contributed by atoms with Gasteiger partial charge in [0.05, 0.1) is 27.4 Å². The minimum atomic E-state index is -0.0256. The number of benzene rings is 2. The molecule has 4 rings (SSSR count). The molecular formula is C24H27BCl2N2O2. The number of nitrogens with zero attached hydrogens (tertiary/aromatic N) is 2. The first-order valence-corrected chi connectivity index (χ1v) is 11.3. The monoisotopic (exact) mass is 456 g/mol. The van der Waals surface area contributed by atoms with Gasteiger partial charge in [-0.05, 0) is 29.7 Å². The van der Waals surface area contributed by atoms with Crippen LogP contribution in [0.2, 0.25) is 16.4 Å². The Morgan fingerprint density at radius 2 is 1.61 bits per heavy atom. The molecule has 3 aromatic rings. The normalized spacial score (nSPS) is 15.0. The molecule has 4 nitrogen and oxygen atoms in total. The first kappa shape index (κ1) is 23.9. The topological polar surface area (TPSA) is 36.3 Å². The van der Waals surface area contributed by atoms with Crippen molar-refractivity contribution in [3.63, 3.8) is 0 Å². The van der Waals surface area contributed by atoms with Gasteiger partial charge in [0, 0.05) is 40.8 Å². The Kier molecular flexibility index (Phi) is 9.47. The van der Waals surface area contributed by atoms with Crippen molar-refractivity contribution in [1.29, 1.82) is 0 Å². The first-order chi connectivity index (χ1) is 15.1. The van der Waals surface area contributed by atoms with Gasteiger partial charge < -0.3 is 14.0 Å². The zero-order valence-electron chi connectivity index (χ0n) is 17.7. The summed E-state index contributed by atoms with van der Waals surface area (Å²) in [4.78, 5) is 4.02. The summed E-state index contributed by atoms with van der Waals surface area (Å²) in [5.41, 5.74) is 2.04. The van der Waals surface area contributed by atoms with E-state index in [-0.39, 0.29) is 12.2 Å². The molecule has 0 amide bonds. The van der Waals surface area contributed by atoms with E-state index in [9.17, 15) is 0 Å².